The Morgan fingerprint density at radius 3 is 2.00 bits per heavy atom. The molecular formula is C13H23N3. The summed E-state index contributed by atoms with van der Waals surface area (Å²) in [6, 6.07) is 9.09. The lowest BCUT2D eigenvalue weighted by atomic mass is 10.0. The van der Waals surface area contributed by atoms with E-state index >= 15 is 0 Å². The number of nitrogens with zero attached hydrogens (tertiary/aromatic N) is 2. The van der Waals surface area contributed by atoms with E-state index in [1.54, 1.807) is 0 Å². The van der Waals surface area contributed by atoms with Crippen LogP contribution in [0.15, 0.2) is 24.3 Å². The van der Waals surface area contributed by atoms with Crippen LogP contribution in [0.25, 0.3) is 0 Å². The predicted molar refractivity (Wildman–Crippen MR) is 71.0 cm³/mol. The standard InChI is InChI=1S/C13H23N3/c1-15(2)12-7-5-11(6-8-12)9-13(10-14)16(3)4/h5-8,13H,9-10,14H2,1-4H3. The molecule has 3 nitrogen and oxygen atoms in total. The van der Waals surface area contributed by atoms with E-state index in [0.717, 1.165) is 6.42 Å². The van der Waals surface area contributed by atoms with Crippen LogP contribution in [0.5, 0.6) is 0 Å². The average Bonchev–Trinajstić information content (AvgIpc) is 2.26. The van der Waals surface area contributed by atoms with Gasteiger partial charge < -0.3 is 15.5 Å². The van der Waals surface area contributed by atoms with Gasteiger partial charge in [0.25, 0.3) is 0 Å². The zero-order valence-electron chi connectivity index (χ0n) is 10.8. The van der Waals surface area contributed by atoms with Crippen LogP contribution in [-0.4, -0.2) is 45.7 Å². The molecule has 0 spiro atoms. The highest BCUT2D eigenvalue weighted by atomic mass is 15.1. The highest BCUT2D eigenvalue weighted by Gasteiger charge is 2.09. The average molecular weight is 221 g/mol. The van der Waals surface area contributed by atoms with Gasteiger partial charge in [-0.3, -0.25) is 0 Å². The summed E-state index contributed by atoms with van der Waals surface area (Å²) in [7, 11) is 8.26. The second-order valence-corrected chi connectivity index (χ2v) is 4.62. The Morgan fingerprint density at radius 1 is 1.06 bits per heavy atom. The van der Waals surface area contributed by atoms with Gasteiger partial charge in [-0.05, 0) is 38.2 Å². The molecule has 3 heteroatoms. The van der Waals surface area contributed by atoms with Gasteiger partial charge in [0.05, 0.1) is 0 Å². The summed E-state index contributed by atoms with van der Waals surface area (Å²) in [5.74, 6) is 0. The van der Waals surface area contributed by atoms with Crippen molar-refractivity contribution in [3.8, 4) is 0 Å². The molecule has 0 aliphatic rings. The van der Waals surface area contributed by atoms with Crippen LogP contribution in [0.1, 0.15) is 5.56 Å². The third-order valence-corrected chi connectivity index (χ3v) is 2.93. The number of rotatable bonds is 5. The normalized spacial score (nSPS) is 12.9. The van der Waals surface area contributed by atoms with Crippen molar-refractivity contribution in [2.45, 2.75) is 12.5 Å². The summed E-state index contributed by atoms with van der Waals surface area (Å²) in [5.41, 5.74) is 8.33. The van der Waals surface area contributed by atoms with Crippen LogP contribution in [0, 0.1) is 0 Å². The molecule has 0 heterocycles. The molecule has 1 aromatic carbocycles. The molecule has 0 saturated heterocycles. The maximum Gasteiger partial charge on any atom is 0.0361 e. The molecule has 16 heavy (non-hydrogen) atoms. The topological polar surface area (TPSA) is 32.5 Å². The van der Waals surface area contributed by atoms with Gasteiger partial charge in [0.2, 0.25) is 0 Å². The third kappa shape index (κ3) is 3.51. The van der Waals surface area contributed by atoms with Gasteiger partial charge in [0.15, 0.2) is 0 Å². The predicted octanol–water partition coefficient (Wildman–Crippen LogP) is 1.18. The fourth-order valence-corrected chi connectivity index (χ4v) is 1.68. The van der Waals surface area contributed by atoms with Crippen molar-refractivity contribution < 1.29 is 0 Å². The van der Waals surface area contributed by atoms with Gasteiger partial charge in [-0.1, -0.05) is 12.1 Å². The van der Waals surface area contributed by atoms with E-state index in [9.17, 15) is 0 Å². The first-order valence-electron chi connectivity index (χ1n) is 5.67. The number of hydrogen-bond donors (Lipinski definition) is 1. The Labute approximate surface area is 98.8 Å². The molecule has 0 saturated carbocycles. The third-order valence-electron chi connectivity index (χ3n) is 2.93. The summed E-state index contributed by atoms with van der Waals surface area (Å²) in [4.78, 5) is 4.29. The van der Waals surface area contributed by atoms with E-state index in [1.165, 1.54) is 11.3 Å². The van der Waals surface area contributed by atoms with E-state index in [0.29, 0.717) is 12.6 Å². The SMILES string of the molecule is CN(C)c1ccc(CC(CN)N(C)C)cc1. The van der Waals surface area contributed by atoms with Crippen molar-refractivity contribution in [2.24, 2.45) is 5.73 Å². The lowest BCUT2D eigenvalue weighted by molar-refractivity contribution is 0.298. The molecule has 0 bridgehead atoms. The summed E-state index contributed by atoms with van der Waals surface area (Å²) >= 11 is 0. The minimum Gasteiger partial charge on any atom is -0.378 e. The molecule has 0 aliphatic carbocycles. The minimum atomic E-state index is 0.421. The van der Waals surface area contributed by atoms with Crippen LogP contribution >= 0.6 is 0 Å². The molecule has 0 aromatic heterocycles. The minimum absolute atomic E-state index is 0.421. The Balaban J connectivity index is 2.67. The quantitative estimate of drug-likeness (QED) is 0.810. The zero-order valence-corrected chi connectivity index (χ0v) is 10.8. The fourth-order valence-electron chi connectivity index (χ4n) is 1.68. The highest BCUT2D eigenvalue weighted by molar-refractivity contribution is 5.46. The molecule has 1 atom stereocenters. The van der Waals surface area contributed by atoms with Crippen LogP contribution in [0.4, 0.5) is 5.69 Å². The van der Waals surface area contributed by atoms with E-state index < -0.39 is 0 Å². The van der Waals surface area contributed by atoms with E-state index in [-0.39, 0.29) is 0 Å². The van der Waals surface area contributed by atoms with E-state index in [1.807, 2.05) is 0 Å². The van der Waals surface area contributed by atoms with E-state index in [4.69, 9.17) is 5.73 Å². The lowest BCUT2D eigenvalue weighted by Gasteiger charge is -2.23. The molecular weight excluding hydrogens is 198 g/mol. The van der Waals surface area contributed by atoms with Crippen molar-refractivity contribution in [3.63, 3.8) is 0 Å². The maximum atomic E-state index is 5.75. The molecule has 1 unspecified atom stereocenters. The first kappa shape index (κ1) is 13.0. The van der Waals surface area contributed by atoms with Crippen LogP contribution in [-0.2, 0) is 6.42 Å². The first-order valence-corrected chi connectivity index (χ1v) is 5.67. The van der Waals surface area contributed by atoms with Gasteiger partial charge in [-0.2, -0.15) is 0 Å². The first-order chi connectivity index (χ1) is 7.54. The molecule has 0 aliphatic heterocycles. The smallest absolute Gasteiger partial charge is 0.0361 e. The summed E-state index contributed by atoms with van der Waals surface area (Å²) in [5, 5.41) is 0. The maximum absolute atomic E-state index is 5.75. The number of anilines is 1. The number of hydrogen-bond acceptors (Lipinski definition) is 3. The monoisotopic (exact) mass is 221 g/mol. The second kappa shape index (κ2) is 5.87. The fraction of sp³-hybridized carbons (Fsp3) is 0.538. The van der Waals surface area contributed by atoms with Gasteiger partial charge in [-0.25, -0.2) is 0 Å². The Bertz CT molecular complexity index is 303. The van der Waals surface area contributed by atoms with Crippen LogP contribution < -0.4 is 10.6 Å². The van der Waals surface area contributed by atoms with Gasteiger partial charge in [0.1, 0.15) is 0 Å². The van der Waals surface area contributed by atoms with Gasteiger partial charge >= 0.3 is 0 Å². The number of nitrogens with two attached hydrogens (primary N) is 1. The number of likely N-dealkylation sites (N-methyl/N-ethyl adjacent to an activating group) is 1. The Morgan fingerprint density at radius 2 is 1.62 bits per heavy atom. The van der Waals surface area contributed by atoms with Crippen molar-refractivity contribution >= 4 is 5.69 Å². The highest BCUT2D eigenvalue weighted by Crippen LogP contribution is 2.14. The largest absolute Gasteiger partial charge is 0.378 e. The van der Waals surface area contributed by atoms with Gasteiger partial charge in [-0.15, -0.1) is 0 Å². The molecule has 1 rings (SSSR count). The molecule has 0 radical (unpaired) electrons. The molecule has 0 fully saturated rings. The van der Waals surface area contributed by atoms with Crippen molar-refractivity contribution in [1.29, 1.82) is 0 Å². The van der Waals surface area contributed by atoms with Crippen molar-refractivity contribution in [1.82, 2.24) is 4.90 Å². The molecule has 90 valence electrons. The summed E-state index contributed by atoms with van der Waals surface area (Å²) in [6.07, 6.45) is 1.01. The Hall–Kier alpha value is -1.06. The lowest BCUT2D eigenvalue weighted by Crippen LogP contribution is -2.36. The Kier molecular flexibility index (Phi) is 4.77. The van der Waals surface area contributed by atoms with Crippen LogP contribution in [0.3, 0.4) is 0 Å². The second-order valence-electron chi connectivity index (χ2n) is 4.62. The number of benzene rings is 1. The zero-order chi connectivity index (χ0) is 12.1. The summed E-state index contributed by atoms with van der Waals surface area (Å²) in [6.45, 7) is 0.697. The van der Waals surface area contributed by atoms with Crippen LogP contribution in [0.2, 0.25) is 0 Å². The molecule has 0 amide bonds. The molecule has 2 N–H and O–H groups in total. The van der Waals surface area contributed by atoms with Gasteiger partial charge in [0, 0.05) is 32.4 Å². The van der Waals surface area contributed by atoms with Crippen molar-refractivity contribution in [2.75, 3.05) is 39.6 Å². The van der Waals surface area contributed by atoms with E-state index in [2.05, 4.69) is 62.3 Å². The van der Waals surface area contributed by atoms with Crippen molar-refractivity contribution in [3.05, 3.63) is 29.8 Å². The summed E-state index contributed by atoms with van der Waals surface area (Å²) < 4.78 is 0. The molecule has 1 aromatic rings.